The molecule has 1 amide bonds. The van der Waals surface area contributed by atoms with E-state index in [4.69, 9.17) is 4.98 Å². The van der Waals surface area contributed by atoms with Crippen molar-refractivity contribution in [3.8, 4) is 5.69 Å². The van der Waals surface area contributed by atoms with E-state index in [1.807, 2.05) is 55.1 Å². The molecule has 0 N–H and O–H groups in total. The van der Waals surface area contributed by atoms with Gasteiger partial charge in [-0.1, -0.05) is 36.0 Å². The molecule has 2 heterocycles. The van der Waals surface area contributed by atoms with Gasteiger partial charge in [-0.25, -0.2) is 4.98 Å². The van der Waals surface area contributed by atoms with Crippen LogP contribution in [0.3, 0.4) is 0 Å². The van der Waals surface area contributed by atoms with Crippen LogP contribution in [-0.2, 0) is 4.79 Å². The van der Waals surface area contributed by atoms with Crippen LogP contribution in [0.5, 0.6) is 0 Å². The molecule has 1 aliphatic heterocycles. The van der Waals surface area contributed by atoms with Crippen molar-refractivity contribution in [2.75, 3.05) is 39.0 Å². The molecule has 156 valence electrons. The summed E-state index contributed by atoms with van der Waals surface area (Å²) in [5.41, 5.74) is 3.50. The van der Waals surface area contributed by atoms with Crippen molar-refractivity contribution in [1.29, 1.82) is 0 Å². The third-order valence-electron chi connectivity index (χ3n) is 5.74. The first-order valence-electron chi connectivity index (χ1n) is 10.1. The normalized spacial score (nSPS) is 15.0. The van der Waals surface area contributed by atoms with Crippen molar-refractivity contribution in [2.45, 2.75) is 19.0 Å². The molecule has 0 spiro atoms. The van der Waals surface area contributed by atoms with Crippen LogP contribution in [0, 0.1) is 13.8 Å². The highest BCUT2D eigenvalue weighted by Crippen LogP contribution is 2.24. The van der Waals surface area contributed by atoms with Gasteiger partial charge in [0.05, 0.1) is 22.3 Å². The third-order valence-corrected chi connectivity index (χ3v) is 6.67. The van der Waals surface area contributed by atoms with E-state index >= 15 is 0 Å². The maximum Gasteiger partial charge on any atom is 0.266 e. The molecule has 0 unspecified atom stereocenters. The van der Waals surface area contributed by atoms with E-state index in [9.17, 15) is 9.59 Å². The van der Waals surface area contributed by atoms with Gasteiger partial charge >= 0.3 is 0 Å². The Balaban J connectivity index is 1.72. The number of aryl methyl sites for hydroxylation is 1. The number of rotatable bonds is 4. The average Bonchev–Trinajstić information content (AvgIpc) is 2.75. The van der Waals surface area contributed by atoms with Gasteiger partial charge in [-0.2, -0.15) is 0 Å². The number of likely N-dealkylation sites (N-methyl/N-ethyl adjacent to an activating group) is 1. The Morgan fingerprint density at radius 3 is 2.53 bits per heavy atom. The van der Waals surface area contributed by atoms with Crippen LogP contribution in [-0.4, -0.2) is 64.2 Å². The minimum atomic E-state index is -0.108. The van der Waals surface area contributed by atoms with Crippen LogP contribution in [0.1, 0.15) is 11.1 Å². The van der Waals surface area contributed by atoms with E-state index < -0.39 is 0 Å². The second-order valence-corrected chi connectivity index (χ2v) is 8.69. The number of thioether (sulfide) groups is 1. The van der Waals surface area contributed by atoms with Gasteiger partial charge in [-0.05, 0) is 50.2 Å². The second kappa shape index (κ2) is 8.62. The maximum absolute atomic E-state index is 13.4. The lowest BCUT2D eigenvalue weighted by molar-refractivity contribution is -0.129. The molecule has 0 aliphatic carbocycles. The molecule has 1 aromatic heterocycles. The number of nitrogens with zero attached hydrogens (tertiary/aromatic N) is 4. The van der Waals surface area contributed by atoms with Gasteiger partial charge in [0.2, 0.25) is 5.91 Å². The van der Waals surface area contributed by atoms with Crippen LogP contribution in [0.4, 0.5) is 0 Å². The quantitative estimate of drug-likeness (QED) is 0.478. The predicted octanol–water partition coefficient (Wildman–Crippen LogP) is 2.87. The Labute approximate surface area is 180 Å². The summed E-state index contributed by atoms with van der Waals surface area (Å²) in [6.07, 6.45) is 0. The van der Waals surface area contributed by atoms with E-state index in [-0.39, 0.29) is 17.2 Å². The van der Waals surface area contributed by atoms with Crippen molar-refractivity contribution in [2.24, 2.45) is 0 Å². The molecule has 1 aliphatic rings. The van der Waals surface area contributed by atoms with Gasteiger partial charge in [0.25, 0.3) is 5.56 Å². The number of hydrogen-bond acceptors (Lipinski definition) is 5. The average molecular weight is 423 g/mol. The minimum Gasteiger partial charge on any atom is -0.339 e. The van der Waals surface area contributed by atoms with Gasteiger partial charge < -0.3 is 9.80 Å². The second-order valence-electron chi connectivity index (χ2n) is 7.74. The Hall–Kier alpha value is -2.64. The lowest BCUT2D eigenvalue weighted by Gasteiger charge is -2.32. The first-order valence-corrected chi connectivity index (χ1v) is 11.1. The number of fused-ring (bicyclic) bond motifs is 1. The van der Waals surface area contributed by atoms with Crippen molar-refractivity contribution in [1.82, 2.24) is 19.4 Å². The maximum atomic E-state index is 13.4. The molecule has 30 heavy (non-hydrogen) atoms. The topological polar surface area (TPSA) is 58.4 Å². The number of carbonyl (C=O) groups is 1. The zero-order valence-corrected chi connectivity index (χ0v) is 18.4. The molecule has 0 atom stereocenters. The summed E-state index contributed by atoms with van der Waals surface area (Å²) < 4.78 is 1.66. The number of aromatic nitrogens is 2. The highest BCUT2D eigenvalue weighted by Gasteiger charge is 2.21. The van der Waals surface area contributed by atoms with E-state index in [0.717, 1.165) is 43.0 Å². The van der Waals surface area contributed by atoms with Gasteiger partial charge in [0.1, 0.15) is 0 Å². The van der Waals surface area contributed by atoms with Gasteiger partial charge in [0.15, 0.2) is 5.16 Å². The molecule has 1 fully saturated rings. The van der Waals surface area contributed by atoms with Crippen molar-refractivity contribution >= 4 is 28.6 Å². The summed E-state index contributed by atoms with van der Waals surface area (Å²) in [6.45, 7) is 7.30. The van der Waals surface area contributed by atoms with E-state index in [1.165, 1.54) is 11.8 Å². The molecule has 0 bridgehead atoms. The monoisotopic (exact) mass is 422 g/mol. The van der Waals surface area contributed by atoms with E-state index in [0.29, 0.717) is 16.1 Å². The fourth-order valence-electron chi connectivity index (χ4n) is 3.67. The predicted molar refractivity (Wildman–Crippen MR) is 122 cm³/mol. The number of hydrogen-bond donors (Lipinski definition) is 0. The summed E-state index contributed by atoms with van der Waals surface area (Å²) in [6, 6.07) is 13.3. The molecular formula is C23H26N4O2S. The lowest BCUT2D eigenvalue weighted by Crippen LogP contribution is -2.47. The SMILES string of the molecule is Cc1cccc(-n2c(SCC(=O)N3CCN(C)CC3)nc3ccccc3c2=O)c1C. The molecule has 1 saturated heterocycles. The number of piperazine rings is 1. The zero-order chi connectivity index (χ0) is 21.3. The fourth-order valence-corrected chi connectivity index (χ4v) is 4.58. The van der Waals surface area contributed by atoms with Crippen LogP contribution >= 0.6 is 11.8 Å². The van der Waals surface area contributed by atoms with Gasteiger partial charge in [-0.3, -0.25) is 14.2 Å². The third kappa shape index (κ3) is 4.00. The Bertz CT molecular complexity index is 1150. The Morgan fingerprint density at radius 2 is 1.77 bits per heavy atom. The number of carbonyl (C=O) groups excluding carboxylic acids is 1. The highest BCUT2D eigenvalue weighted by atomic mass is 32.2. The zero-order valence-electron chi connectivity index (χ0n) is 17.6. The molecular weight excluding hydrogens is 396 g/mol. The van der Waals surface area contributed by atoms with E-state index in [1.54, 1.807) is 10.6 Å². The van der Waals surface area contributed by atoms with Crippen molar-refractivity contribution in [3.63, 3.8) is 0 Å². The smallest absolute Gasteiger partial charge is 0.266 e. The summed E-state index contributed by atoms with van der Waals surface area (Å²) in [5.74, 6) is 0.349. The first-order chi connectivity index (χ1) is 14.5. The minimum absolute atomic E-state index is 0.0861. The lowest BCUT2D eigenvalue weighted by atomic mass is 10.1. The number of para-hydroxylation sites is 1. The molecule has 7 heteroatoms. The summed E-state index contributed by atoms with van der Waals surface area (Å²) in [7, 11) is 2.07. The summed E-state index contributed by atoms with van der Waals surface area (Å²) >= 11 is 1.34. The molecule has 3 aromatic rings. The summed E-state index contributed by atoms with van der Waals surface area (Å²) in [5, 5.41) is 1.13. The van der Waals surface area contributed by atoms with Gasteiger partial charge in [-0.15, -0.1) is 0 Å². The Kier molecular flexibility index (Phi) is 5.92. The molecule has 0 radical (unpaired) electrons. The Morgan fingerprint density at radius 1 is 1.03 bits per heavy atom. The summed E-state index contributed by atoms with van der Waals surface area (Å²) in [4.78, 5) is 35.1. The molecule has 2 aromatic carbocycles. The molecule has 6 nitrogen and oxygen atoms in total. The fraction of sp³-hybridized carbons (Fsp3) is 0.348. The molecule has 0 saturated carbocycles. The van der Waals surface area contributed by atoms with Crippen LogP contribution < -0.4 is 5.56 Å². The standard InChI is InChI=1S/C23H26N4O2S/c1-16-7-6-10-20(17(16)2)27-22(29)18-8-4-5-9-19(18)24-23(27)30-15-21(28)26-13-11-25(3)12-14-26/h4-10H,11-15H2,1-3H3. The molecule has 4 rings (SSSR count). The van der Waals surface area contributed by atoms with Crippen LogP contribution in [0.25, 0.3) is 16.6 Å². The largest absolute Gasteiger partial charge is 0.339 e. The van der Waals surface area contributed by atoms with Crippen LogP contribution in [0.2, 0.25) is 0 Å². The van der Waals surface area contributed by atoms with E-state index in [2.05, 4.69) is 11.9 Å². The van der Waals surface area contributed by atoms with Crippen molar-refractivity contribution < 1.29 is 4.79 Å². The van der Waals surface area contributed by atoms with Gasteiger partial charge in [0, 0.05) is 26.2 Å². The first kappa shape index (κ1) is 20.6. The highest BCUT2D eigenvalue weighted by molar-refractivity contribution is 7.99. The van der Waals surface area contributed by atoms with Crippen molar-refractivity contribution in [3.05, 3.63) is 63.9 Å². The van der Waals surface area contributed by atoms with Crippen LogP contribution in [0.15, 0.2) is 52.4 Å². The number of amides is 1. The number of benzene rings is 2.